The summed E-state index contributed by atoms with van der Waals surface area (Å²) < 4.78 is 73.7. The van der Waals surface area contributed by atoms with Gasteiger partial charge >= 0.3 is 0 Å². The third-order valence-corrected chi connectivity index (χ3v) is 5.12. The number of nitrogens with two attached hydrogens (primary N) is 1. The zero-order valence-corrected chi connectivity index (χ0v) is 15.7. The number of primary sulfonamides is 1. The molecule has 148 valence electrons. The van der Waals surface area contributed by atoms with Gasteiger partial charge in [-0.15, -0.1) is 0 Å². The van der Waals surface area contributed by atoms with Crippen LogP contribution in [0.3, 0.4) is 0 Å². The number of rotatable bonds is 5. The van der Waals surface area contributed by atoms with Crippen molar-refractivity contribution in [2.45, 2.75) is 11.3 Å². The van der Waals surface area contributed by atoms with E-state index in [0.717, 1.165) is 18.2 Å². The summed E-state index contributed by atoms with van der Waals surface area (Å²) in [6.07, 6.45) is -3.05. The van der Waals surface area contributed by atoms with Crippen LogP contribution < -0.4 is 9.88 Å². The van der Waals surface area contributed by atoms with Crippen molar-refractivity contribution >= 4 is 21.6 Å². The molecule has 0 radical (unpaired) electrons. The Labute approximate surface area is 162 Å². The van der Waals surface area contributed by atoms with E-state index in [4.69, 9.17) is 26.0 Å². The summed E-state index contributed by atoms with van der Waals surface area (Å²) in [7, 11) is -2.94. The summed E-state index contributed by atoms with van der Waals surface area (Å²) >= 11 is 5.97. The highest BCUT2D eigenvalue weighted by Crippen LogP contribution is 2.41. The van der Waals surface area contributed by atoms with E-state index in [2.05, 4.69) is 5.16 Å². The number of benzene rings is 2. The number of hydrogen-bond acceptors (Lipinski definition) is 5. The predicted molar refractivity (Wildman–Crippen MR) is 95.2 cm³/mol. The van der Waals surface area contributed by atoms with E-state index in [1.165, 1.54) is 25.3 Å². The molecule has 2 N–H and O–H groups in total. The second-order valence-electron chi connectivity index (χ2n) is 5.61. The summed E-state index contributed by atoms with van der Waals surface area (Å²) in [5.41, 5.74) is 0.0421. The van der Waals surface area contributed by atoms with E-state index in [9.17, 15) is 21.6 Å². The highest BCUT2D eigenvalue weighted by atomic mass is 35.5. The third-order valence-electron chi connectivity index (χ3n) is 3.87. The van der Waals surface area contributed by atoms with Crippen LogP contribution in [0.4, 0.5) is 13.2 Å². The molecule has 0 saturated carbocycles. The monoisotopic (exact) mass is 432 g/mol. The summed E-state index contributed by atoms with van der Waals surface area (Å²) in [5, 5.41) is 8.88. The number of alkyl halides is 2. The predicted octanol–water partition coefficient (Wildman–Crippen LogP) is 4.39. The van der Waals surface area contributed by atoms with Crippen molar-refractivity contribution in [2.24, 2.45) is 5.14 Å². The Balaban J connectivity index is 2.24. The Hall–Kier alpha value is -2.56. The second kappa shape index (κ2) is 7.46. The largest absolute Gasteiger partial charge is 0.495 e. The van der Waals surface area contributed by atoms with E-state index in [0.29, 0.717) is 5.56 Å². The topological polar surface area (TPSA) is 95.4 Å². The Bertz CT molecular complexity index is 1150. The lowest BCUT2D eigenvalue weighted by Crippen LogP contribution is -2.14. The molecule has 28 heavy (non-hydrogen) atoms. The molecule has 0 bridgehead atoms. The molecule has 11 heteroatoms. The lowest BCUT2D eigenvalue weighted by molar-refractivity contribution is 0.113. The van der Waals surface area contributed by atoms with Gasteiger partial charge in [-0.1, -0.05) is 28.9 Å². The van der Waals surface area contributed by atoms with Crippen LogP contribution in [0.5, 0.6) is 5.75 Å². The number of sulfonamides is 1. The normalized spacial score (nSPS) is 11.8. The SMILES string of the molecule is COc1cc(-c2noc(C(F)F)c2-c2ccc(S(N)(=O)=O)c(F)c2)ccc1Cl. The van der Waals surface area contributed by atoms with Gasteiger partial charge in [0.15, 0.2) is 0 Å². The van der Waals surface area contributed by atoms with Gasteiger partial charge in [0.05, 0.1) is 17.7 Å². The van der Waals surface area contributed by atoms with Crippen molar-refractivity contribution < 1.29 is 30.8 Å². The summed E-state index contributed by atoms with van der Waals surface area (Å²) in [6, 6.07) is 7.21. The first-order valence-electron chi connectivity index (χ1n) is 7.57. The van der Waals surface area contributed by atoms with Crippen molar-refractivity contribution in [3.63, 3.8) is 0 Å². The van der Waals surface area contributed by atoms with Gasteiger partial charge in [0.2, 0.25) is 15.8 Å². The van der Waals surface area contributed by atoms with E-state index < -0.39 is 32.9 Å². The highest BCUT2D eigenvalue weighted by Gasteiger charge is 2.27. The zero-order valence-electron chi connectivity index (χ0n) is 14.1. The lowest BCUT2D eigenvalue weighted by Gasteiger charge is -2.08. The Morgan fingerprint density at radius 3 is 2.43 bits per heavy atom. The van der Waals surface area contributed by atoms with E-state index >= 15 is 0 Å². The summed E-state index contributed by atoms with van der Waals surface area (Å²) in [4.78, 5) is -0.763. The van der Waals surface area contributed by atoms with Crippen LogP contribution in [0.1, 0.15) is 12.2 Å². The van der Waals surface area contributed by atoms with Crippen LogP contribution in [-0.2, 0) is 10.0 Å². The molecule has 2 aromatic carbocycles. The molecule has 0 amide bonds. The molecule has 0 saturated heterocycles. The molecule has 0 atom stereocenters. The van der Waals surface area contributed by atoms with E-state index in [1.807, 2.05) is 0 Å². The van der Waals surface area contributed by atoms with Gasteiger partial charge in [0, 0.05) is 5.56 Å². The minimum atomic E-state index is -4.31. The molecule has 0 aliphatic rings. The Morgan fingerprint density at radius 1 is 1.18 bits per heavy atom. The number of ether oxygens (including phenoxy) is 1. The number of aromatic nitrogens is 1. The molecule has 1 aromatic heterocycles. The highest BCUT2D eigenvalue weighted by molar-refractivity contribution is 7.89. The molecule has 3 rings (SSSR count). The molecule has 0 aliphatic heterocycles. The van der Waals surface area contributed by atoms with Crippen molar-refractivity contribution in [2.75, 3.05) is 7.11 Å². The van der Waals surface area contributed by atoms with Crippen LogP contribution in [-0.4, -0.2) is 20.7 Å². The molecule has 0 spiro atoms. The van der Waals surface area contributed by atoms with Gasteiger partial charge in [-0.2, -0.15) is 0 Å². The number of halogens is 4. The first-order chi connectivity index (χ1) is 13.1. The fourth-order valence-electron chi connectivity index (χ4n) is 2.62. The van der Waals surface area contributed by atoms with Crippen LogP contribution >= 0.6 is 11.6 Å². The number of hydrogen-bond donors (Lipinski definition) is 1. The standard InChI is InChI=1S/C17H12ClF3N2O4S/c1-26-12-7-9(2-4-10(12)18)15-14(16(17(20)21)27-23-15)8-3-5-13(11(19)6-8)28(22,24)25/h2-7,17H,1H3,(H2,22,24,25). The molecular weight excluding hydrogens is 421 g/mol. The first kappa shape index (κ1) is 20.2. The van der Waals surface area contributed by atoms with Gasteiger partial charge < -0.3 is 9.26 Å². The molecule has 1 heterocycles. The van der Waals surface area contributed by atoms with Crippen LogP contribution in [0.2, 0.25) is 5.02 Å². The minimum Gasteiger partial charge on any atom is -0.495 e. The quantitative estimate of drug-likeness (QED) is 0.645. The maximum atomic E-state index is 14.2. The van der Waals surface area contributed by atoms with Crippen LogP contribution in [0.15, 0.2) is 45.8 Å². The first-order valence-corrected chi connectivity index (χ1v) is 9.50. The summed E-state index contributed by atoms with van der Waals surface area (Å²) in [6.45, 7) is 0. The van der Waals surface area contributed by atoms with Crippen LogP contribution in [0.25, 0.3) is 22.4 Å². The Kier molecular flexibility index (Phi) is 5.37. The maximum absolute atomic E-state index is 14.2. The van der Waals surface area contributed by atoms with Gasteiger partial charge in [0.1, 0.15) is 22.2 Å². The van der Waals surface area contributed by atoms with E-state index in [-0.39, 0.29) is 27.6 Å². The maximum Gasteiger partial charge on any atom is 0.298 e. The van der Waals surface area contributed by atoms with Crippen LogP contribution in [0, 0.1) is 5.82 Å². The van der Waals surface area contributed by atoms with Crippen molar-refractivity contribution in [1.29, 1.82) is 0 Å². The third kappa shape index (κ3) is 3.71. The van der Waals surface area contributed by atoms with Gasteiger partial charge in [0.25, 0.3) is 6.43 Å². The minimum absolute atomic E-state index is 0.0203. The summed E-state index contributed by atoms with van der Waals surface area (Å²) in [5.74, 6) is -1.73. The zero-order chi connectivity index (χ0) is 20.6. The number of nitrogens with zero attached hydrogens (tertiary/aromatic N) is 1. The number of methoxy groups -OCH3 is 1. The van der Waals surface area contributed by atoms with Gasteiger partial charge in [-0.25, -0.2) is 26.7 Å². The second-order valence-corrected chi connectivity index (χ2v) is 7.55. The lowest BCUT2D eigenvalue weighted by atomic mass is 9.99. The fourth-order valence-corrected chi connectivity index (χ4v) is 3.41. The average Bonchev–Trinajstić information content (AvgIpc) is 3.06. The molecular formula is C17H12ClF3N2O4S. The van der Waals surface area contributed by atoms with Crippen molar-refractivity contribution in [3.8, 4) is 28.1 Å². The molecule has 3 aromatic rings. The molecule has 0 unspecified atom stereocenters. The van der Waals surface area contributed by atoms with Crippen molar-refractivity contribution in [3.05, 3.63) is 53.0 Å². The van der Waals surface area contributed by atoms with Crippen molar-refractivity contribution in [1.82, 2.24) is 5.16 Å². The Morgan fingerprint density at radius 2 is 1.86 bits per heavy atom. The molecule has 6 nitrogen and oxygen atoms in total. The van der Waals surface area contributed by atoms with Gasteiger partial charge in [-0.3, -0.25) is 0 Å². The van der Waals surface area contributed by atoms with E-state index in [1.54, 1.807) is 0 Å². The smallest absolute Gasteiger partial charge is 0.298 e. The molecule has 0 aliphatic carbocycles. The van der Waals surface area contributed by atoms with Gasteiger partial charge in [-0.05, 0) is 29.8 Å². The molecule has 0 fully saturated rings. The average molecular weight is 433 g/mol. The fraction of sp³-hybridized carbons (Fsp3) is 0.118.